The molecule has 1 saturated heterocycles. The third kappa shape index (κ3) is 2.22. The third-order valence-electron chi connectivity index (χ3n) is 3.71. The maximum absolute atomic E-state index is 9.55. The predicted octanol–water partition coefficient (Wildman–Crippen LogP) is 2.82. The summed E-state index contributed by atoms with van der Waals surface area (Å²) in [4.78, 5) is 2.39. The average Bonchev–Trinajstić information content (AvgIpc) is 2.19. The first-order valence-corrected chi connectivity index (χ1v) is 6.06. The average molecular weight is 219 g/mol. The second kappa shape index (κ2) is 4.46. The van der Waals surface area contributed by atoms with Crippen LogP contribution in [0.3, 0.4) is 0 Å². The minimum absolute atomic E-state index is 0.395. The fraction of sp³-hybridized carbons (Fsp3) is 0.571. The molecule has 0 amide bonds. The zero-order chi connectivity index (χ0) is 11.7. The number of nitrogens with zero attached hydrogens (tertiary/aromatic N) is 1. The van der Waals surface area contributed by atoms with E-state index in [0.717, 1.165) is 0 Å². The number of aryl methyl sites for hydroxylation is 2. The van der Waals surface area contributed by atoms with Gasteiger partial charge in [0.15, 0.2) is 0 Å². The van der Waals surface area contributed by atoms with E-state index in [1.54, 1.807) is 0 Å². The SMILES string of the molecule is Cc1cc(O)cc(C)c1C1CCN(C)CC1. The molecule has 1 aromatic rings. The van der Waals surface area contributed by atoms with Crippen LogP contribution in [0.1, 0.15) is 35.4 Å². The standard InChI is InChI=1S/C14H21NO/c1-10-8-13(16)9-11(2)14(10)12-4-6-15(3)7-5-12/h8-9,12,16H,4-7H2,1-3H3. The Kier molecular flexibility index (Phi) is 3.20. The van der Waals surface area contributed by atoms with E-state index in [1.165, 1.54) is 42.6 Å². The molecule has 0 atom stereocenters. The van der Waals surface area contributed by atoms with Crippen molar-refractivity contribution in [1.82, 2.24) is 4.90 Å². The van der Waals surface area contributed by atoms with Crippen molar-refractivity contribution in [3.05, 3.63) is 28.8 Å². The molecule has 1 fully saturated rings. The molecule has 1 N–H and O–H groups in total. The molecule has 0 spiro atoms. The largest absolute Gasteiger partial charge is 0.508 e. The van der Waals surface area contributed by atoms with Crippen LogP contribution in [0.4, 0.5) is 0 Å². The number of hydrogen-bond donors (Lipinski definition) is 1. The van der Waals surface area contributed by atoms with Gasteiger partial charge in [-0.2, -0.15) is 0 Å². The topological polar surface area (TPSA) is 23.5 Å². The van der Waals surface area contributed by atoms with Gasteiger partial charge in [-0.05, 0) is 81.6 Å². The fourth-order valence-corrected chi connectivity index (χ4v) is 2.89. The highest BCUT2D eigenvalue weighted by Gasteiger charge is 2.21. The minimum Gasteiger partial charge on any atom is -0.508 e. The van der Waals surface area contributed by atoms with Crippen molar-refractivity contribution in [2.75, 3.05) is 20.1 Å². The number of aromatic hydroxyl groups is 1. The van der Waals surface area contributed by atoms with E-state index in [9.17, 15) is 5.11 Å². The van der Waals surface area contributed by atoms with E-state index in [1.807, 2.05) is 12.1 Å². The number of hydrogen-bond acceptors (Lipinski definition) is 2. The van der Waals surface area contributed by atoms with Gasteiger partial charge < -0.3 is 10.0 Å². The predicted molar refractivity (Wildman–Crippen MR) is 67.1 cm³/mol. The lowest BCUT2D eigenvalue weighted by Crippen LogP contribution is -2.29. The van der Waals surface area contributed by atoms with Crippen LogP contribution in [0.25, 0.3) is 0 Å². The lowest BCUT2D eigenvalue weighted by molar-refractivity contribution is 0.254. The first-order valence-electron chi connectivity index (χ1n) is 6.06. The Morgan fingerprint density at radius 1 is 1.12 bits per heavy atom. The smallest absolute Gasteiger partial charge is 0.116 e. The molecular formula is C14H21NO. The number of phenols is 1. The van der Waals surface area contributed by atoms with Gasteiger partial charge >= 0.3 is 0 Å². The van der Waals surface area contributed by atoms with Crippen molar-refractivity contribution < 1.29 is 5.11 Å². The first kappa shape index (κ1) is 11.5. The summed E-state index contributed by atoms with van der Waals surface area (Å²) in [5.74, 6) is 1.07. The Hall–Kier alpha value is -1.02. The number of piperidine rings is 1. The lowest BCUT2D eigenvalue weighted by Gasteiger charge is -2.31. The van der Waals surface area contributed by atoms with Crippen molar-refractivity contribution in [3.8, 4) is 5.75 Å². The number of phenolic OH excluding ortho intramolecular Hbond substituents is 1. The molecular weight excluding hydrogens is 198 g/mol. The summed E-state index contributed by atoms with van der Waals surface area (Å²) in [6, 6.07) is 3.78. The monoisotopic (exact) mass is 219 g/mol. The molecule has 2 rings (SSSR count). The minimum atomic E-state index is 0.395. The van der Waals surface area contributed by atoms with Crippen LogP contribution in [0.5, 0.6) is 5.75 Å². The lowest BCUT2D eigenvalue weighted by atomic mass is 9.84. The van der Waals surface area contributed by atoms with E-state index in [4.69, 9.17) is 0 Å². The van der Waals surface area contributed by atoms with Crippen molar-refractivity contribution >= 4 is 0 Å². The van der Waals surface area contributed by atoms with E-state index in [-0.39, 0.29) is 0 Å². The highest BCUT2D eigenvalue weighted by atomic mass is 16.3. The second-order valence-electron chi connectivity index (χ2n) is 5.07. The van der Waals surface area contributed by atoms with Crippen LogP contribution in [-0.4, -0.2) is 30.1 Å². The van der Waals surface area contributed by atoms with E-state index < -0.39 is 0 Å². The van der Waals surface area contributed by atoms with Crippen molar-refractivity contribution in [2.24, 2.45) is 0 Å². The van der Waals surface area contributed by atoms with Gasteiger partial charge in [0.1, 0.15) is 5.75 Å². The number of rotatable bonds is 1. The van der Waals surface area contributed by atoms with Gasteiger partial charge in [-0.15, -0.1) is 0 Å². The summed E-state index contributed by atoms with van der Waals surface area (Å²) in [6.45, 7) is 6.59. The summed E-state index contributed by atoms with van der Waals surface area (Å²) in [7, 11) is 2.19. The van der Waals surface area contributed by atoms with E-state index in [0.29, 0.717) is 11.7 Å². The Morgan fingerprint density at radius 2 is 1.62 bits per heavy atom. The third-order valence-corrected chi connectivity index (χ3v) is 3.71. The zero-order valence-electron chi connectivity index (χ0n) is 10.5. The van der Waals surface area contributed by atoms with Gasteiger partial charge in [-0.25, -0.2) is 0 Å². The Morgan fingerprint density at radius 3 is 2.12 bits per heavy atom. The maximum Gasteiger partial charge on any atom is 0.116 e. The summed E-state index contributed by atoms with van der Waals surface area (Å²) in [6.07, 6.45) is 2.48. The first-order chi connectivity index (χ1) is 7.58. The number of benzene rings is 1. The molecule has 2 heteroatoms. The second-order valence-corrected chi connectivity index (χ2v) is 5.07. The maximum atomic E-state index is 9.55. The van der Waals surface area contributed by atoms with E-state index in [2.05, 4.69) is 25.8 Å². The van der Waals surface area contributed by atoms with Gasteiger partial charge in [0.25, 0.3) is 0 Å². The molecule has 0 radical (unpaired) electrons. The normalized spacial score (nSPS) is 18.9. The summed E-state index contributed by atoms with van der Waals surface area (Å²) in [5, 5.41) is 9.55. The molecule has 0 aliphatic carbocycles. The zero-order valence-corrected chi connectivity index (χ0v) is 10.5. The Balaban J connectivity index is 2.26. The highest BCUT2D eigenvalue weighted by Crippen LogP contribution is 2.33. The van der Waals surface area contributed by atoms with Gasteiger partial charge in [-0.3, -0.25) is 0 Å². The van der Waals surface area contributed by atoms with Gasteiger partial charge in [0, 0.05) is 0 Å². The molecule has 1 aliphatic heterocycles. The van der Waals surface area contributed by atoms with Crippen LogP contribution in [-0.2, 0) is 0 Å². The van der Waals surface area contributed by atoms with Crippen LogP contribution in [0.15, 0.2) is 12.1 Å². The van der Waals surface area contributed by atoms with Crippen LogP contribution < -0.4 is 0 Å². The molecule has 0 aromatic heterocycles. The number of likely N-dealkylation sites (tertiary alicyclic amines) is 1. The molecule has 16 heavy (non-hydrogen) atoms. The summed E-state index contributed by atoms with van der Waals surface area (Å²) >= 11 is 0. The molecule has 88 valence electrons. The van der Waals surface area contributed by atoms with Crippen molar-refractivity contribution in [1.29, 1.82) is 0 Å². The quantitative estimate of drug-likeness (QED) is 0.785. The Labute approximate surface area is 97.9 Å². The highest BCUT2D eigenvalue weighted by molar-refractivity contribution is 5.42. The van der Waals surface area contributed by atoms with Gasteiger partial charge in [-0.1, -0.05) is 0 Å². The molecule has 0 unspecified atom stereocenters. The molecule has 1 aromatic carbocycles. The molecule has 2 nitrogen and oxygen atoms in total. The van der Waals surface area contributed by atoms with E-state index >= 15 is 0 Å². The Bertz CT molecular complexity index is 355. The van der Waals surface area contributed by atoms with Crippen molar-refractivity contribution in [2.45, 2.75) is 32.6 Å². The molecule has 1 aliphatic rings. The summed E-state index contributed by atoms with van der Waals surface area (Å²) < 4.78 is 0. The fourth-order valence-electron chi connectivity index (χ4n) is 2.89. The molecule has 1 heterocycles. The summed E-state index contributed by atoms with van der Waals surface area (Å²) in [5.41, 5.74) is 3.95. The van der Waals surface area contributed by atoms with Gasteiger partial charge in [0.2, 0.25) is 0 Å². The molecule has 0 saturated carbocycles. The van der Waals surface area contributed by atoms with Gasteiger partial charge in [0.05, 0.1) is 0 Å². The molecule has 0 bridgehead atoms. The van der Waals surface area contributed by atoms with Crippen LogP contribution in [0.2, 0.25) is 0 Å². The van der Waals surface area contributed by atoms with Crippen molar-refractivity contribution in [3.63, 3.8) is 0 Å². The van der Waals surface area contributed by atoms with Crippen LogP contribution in [0, 0.1) is 13.8 Å². The van der Waals surface area contributed by atoms with Crippen LogP contribution >= 0.6 is 0 Å².